The number of rotatable bonds is 2. The summed E-state index contributed by atoms with van der Waals surface area (Å²) in [6.45, 7) is 2.75. The normalized spacial score (nSPS) is 22.5. The van der Waals surface area contributed by atoms with Gasteiger partial charge in [0.2, 0.25) is 0 Å². The Kier molecular flexibility index (Phi) is 2.96. The van der Waals surface area contributed by atoms with Gasteiger partial charge in [-0.15, -0.1) is 6.42 Å². The molecule has 1 aliphatic carbocycles. The Morgan fingerprint density at radius 2 is 2.00 bits per heavy atom. The quantitative estimate of drug-likeness (QED) is 0.552. The van der Waals surface area contributed by atoms with Crippen molar-refractivity contribution in [3.05, 3.63) is 0 Å². The van der Waals surface area contributed by atoms with Crippen molar-refractivity contribution in [1.82, 2.24) is 0 Å². The highest BCUT2D eigenvalue weighted by Gasteiger charge is 2.29. The van der Waals surface area contributed by atoms with Crippen molar-refractivity contribution in [2.45, 2.75) is 44.6 Å². The van der Waals surface area contributed by atoms with Crippen LogP contribution in [0.15, 0.2) is 0 Å². The maximum atomic E-state index is 5.58. The molecular weight excluding hydrogens is 136 g/mol. The average Bonchev–Trinajstić information content (AvgIpc) is 2.07. The molecule has 0 unspecified atom stereocenters. The fourth-order valence-corrected chi connectivity index (χ4v) is 1.73. The van der Waals surface area contributed by atoms with Crippen molar-refractivity contribution in [1.29, 1.82) is 0 Å². The minimum Gasteiger partial charge on any atom is -0.363 e. The maximum Gasteiger partial charge on any atom is 0.128 e. The zero-order chi connectivity index (χ0) is 8.16. The smallest absolute Gasteiger partial charge is 0.128 e. The van der Waals surface area contributed by atoms with Gasteiger partial charge in [0, 0.05) is 6.61 Å². The van der Waals surface area contributed by atoms with E-state index < -0.39 is 0 Å². The van der Waals surface area contributed by atoms with Crippen LogP contribution in [0.1, 0.15) is 39.0 Å². The minimum absolute atomic E-state index is 0.201. The Bertz CT molecular complexity index is 143. The van der Waals surface area contributed by atoms with Crippen LogP contribution in [-0.2, 0) is 4.74 Å². The number of terminal acetylenes is 1. The van der Waals surface area contributed by atoms with E-state index >= 15 is 0 Å². The van der Waals surface area contributed by atoms with Gasteiger partial charge in [-0.2, -0.15) is 0 Å². The van der Waals surface area contributed by atoms with Crippen molar-refractivity contribution in [3.63, 3.8) is 0 Å². The van der Waals surface area contributed by atoms with Crippen molar-refractivity contribution in [2.24, 2.45) is 0 Å². The zero-order valence-corrected chi connectivity index (χ0v) is 7.23. The molecule has 0 bridgehead atoms. The number of ether oxygens (including phenoxy) is 1. The first-order valence-corrected chi connectivity index (χ1v) is 4.45. The minimum atomic E-state index is -0.201. The molecular formula is C10H16O. The van der Waals surface area contributed by atoms with Crippen molar-refractivity contribution in [2.75, 3.05) is 6.61 Å². The molecule has 0 aromatic rings. The van der Waals surface area contributed by atoms with E-state index in [2.05, 4.69) is 5.92 Å². The summed E-state index contributed by atoms with van der Waals surface area (Å²) in [6, 6.07) is 0. The van der Waals surface area contributed by atoms with E-state index in [-0.39, 0.29) is 5.60 Å². The van der Waals surface area contributed by atoms with E-state index in [0.29, 0.717) is 0 Å². The highest BCUT2D eigenvalue weighted by molar-refractivity contribution is 5.09. The first kappa shape index (κ1) is 8.62. The first-order valence-electron chi connectivity index (χ1n) is 4.45. The predicted molar refractivity (Wildman–Crippen MR) is 46.3 cm³/mol. The van der Waals surface area contributed by atoms with Crippen LogP contribution in [0.4, 0.5) is 0 Å². The average molecular weight is 152 g/mol. The van der Waals surface area contributed by atoms with Gasteiger partial charge >= 0.3 is 0 Å². The second-order valence-corrected chi connectivity index (χ2v) is 3.13. The van der Waals surface area contributed by atoms with Crippen molar-refractivity contribution in [3.8, 4) is 12.3 Å². The molecule has 0 saturated heterocycles. The highest BCUT2D eigenvalue weighted by Crippen LogP contribution is 2.30. The van der Waals surface area contributed by atoms with E-state index in [4.69, 9.17) is 11.2 Å². The summed E-state index contributed by atoms with van der Waals surface area (Å²) >= 11 is 0. The molecule has 1 aliphatic rings. The standard InChI is InChI=1S/C10H16O/c1-3-10(11-4-2)8-6-5-7-9-10/h1H,4-9H2,2H3. The third kappa shape index (κ3) is 1.97. The lowest BCUT2D eigenvalue weighted by Gasteiger charge is -2.31. The van der Waals surface area contributed by atoms with Crippen LogP contribution in [0.2, 0.25) is 0 Å². The molecule has 0 heterocycles. The molecule has 62 valence electrons. The molecule has 0 spiro atoms. The molecule has 1 rings (SSSR count). The van der Waals surface area contributed by atoms with Gasteiger partial charge in [0.15, 0.2) is 0 Å². The van der Waals surface area contributed by atoms with Gasteiger partial charge in [-0.3, -0.25) is 0 Å². The monoisotopic (exact) mass is 152 g/mol. The zero-order valence-electron chi connectivity index (χ0n) is 7.23. The van der Waals surface area contributed by atoms with Gasteiger partial charge in [0.25, 0.3) is 0 Å². The Hall–Kier alpha value is -0.480. The molecule has 1 heteroatoms. The van der Waals surface area contributed by atoms with Gasteiger partial charge in [-0.25, -0.2) is 0 Å². The molecule has 1 saturated carbocycles. The lowest BCUT2D eigenvalue weighted by molar-refractivity contribution is -0.0189. The van der Waals surface area contributed by atoms with E-state index in [1.807, 2.05) is 6.92 Å². The summed E-state index contributed by atoms with van der Waals surface area (Å²) in [5, 5.41) is 0. The highest BCUT2D eigenvalue weighted by atomic mass is 16.5. The molecule has 1 nitrogen and oxygen atoms in total. The number of hydrogen-bond donors (Lipinski definition) is 0. The molecule has 11 heavy (non-hydrogen) atoms. The largest absolute Gasteiger partial charge is 0.363 e. The predicted octanol–water partition coefficient (Wildman–Crippen LogP) is 2.36. The van der Waals surface area contributed by atoms with Crippen LogP contribution >= 0.6 is 0 Å². The summed E-state index contributed by atoms with van der Waals surface area (Å²) < 4.78 is 5.58. The van der Waals surface area contributed by atoms with Gasteiger partial charge in [-0.05, 0) is 32.6 Å². The molecule has 0 atom stereocenters. The third-order valence-corrected chi connectivity index (χ3v) is 2.34. The van der Waals surface area contributed by atoms with Gasteiger partial charge in [0.05, 0.1) is 0 Å². The van der Waals surface area contributed by atoms with Gasteiger partial charge in [-0.1, -0.05) is 12.3 Å². The second-order valence-electron chi connectivity index (χ2n) is 3.13. The number of hydrogen-bond acceptors (Lipinski definition) is 1. The van der Waals surface area contributed by atoms with Gasteiger partial charge < -0.3 is 4.74 Å². The van der Waals surface area contributed by atoms with E-state index in [1.165, 1.54) is 19.3 Å². The Labute approximate surface area is 69.1 Å². The molecule has 1 fully saturated rings. The molecule has 0 aliphatic heterocycles. The van der Waals surface area contributed by atoms with Crippen molar-refractivity contribution < 1.29 is 4.74 Å². The third-order valence-electron chi connectivity index (χ3n) is 2.34. The first-order chi connectivity index (χ1) is 5.33. The van der Waals surface area contributed by atoms with Crippen LogP contribution in [0.25, 0.3) is 0 Å². The summed E-state index contributed by atoms with van der Waals surface area (Å²) in [7, 11) is 0. The molecule has 0 radical (unpaired) electrons. The Morgan fingerprint density at radius 1 is 1.36 bits per heavy atom. The summed E-state index contributed by atoms with van der Waals surface area (Å²) in [4.78, 5) is 0. The fraction of sp³-hybridized carbons (Fsp3) is 0.800. The molecule has 0 aromatic carbocycles. The lowest BCUT2D eigenvalue weighted by atomic mass is 9.85. The summed E-state index contributed by atoms with van der Waals surface area (Å²) in [5.41, 5.74) is -0.201. The summed E-state index contributed by atoms with van der Waals surface area (Å²) in [5.74, 6) is 2.80. The van der Waals surface area contributed by atoms with Crippen LogP contribution in [0.5, 0.6) is 0 Å². The fourth-order valence-electron chi connectivity index (χ4n) is 1.73. The Morgan fingerprint density at radius 3 is 2.45 bits per heavy atom. The van der Waals surface area contributed by atoms with Crippen LogP contribution in [-0.4, -0.2) is 12.2 Å². The van der Waals surface area contributed by atoms with Gasteiger partial charge in [0.1, 0.15) is 5.60 Å². The molecule has 0 aromatic heterocycles. The molecule has 0 N–H and O–H groups in total. The SMILES string of the molecule is C#CC1(OCC)CCCCC1. The molecule has 0 amide bonds. The van der Waals surface area contributed by atoms with Crippen molar-refractivity contribution >= 4 is 0 Å². The van der Waals surface area contributed by atoms with Crippen LogP contribution in [0.3, 0.4) is 0 Å². The lowest BCUT2D eigenvalue weighted by Crippen LogP contribution is -2.33. The summed E-state index contributed by atoms with van der Waals surface area (Å²) in [6.07, 6.45) is 11.3. The second kappa shape index (κ2) is 3.78. The van der Waals surface area contributed by atoms with Crippen LogP contribution in [0, 0.1) is 12.3 Å². The Balaban J connectivity index is 2.51. The maximum absolute atomic E-state index is 5.58. The topological polar surface area (TPSA) is 9.23 Å². The van der Waals surface area contributed by atoms with E-state index in [1.54, 1.807) is 0 Å². The van der Waals surface area contributed by atoms with E-state index in [0.717, 1.165) is 19.4 Å². The van der Waals surface area contributed by atoms with E-state index in [9.17, 15) is 0 Å². The van der Waals surface area contributed by atoms with Crippen LogP contribution < -0.4 is 0 Å².